The minimum absolute atomic E-state index is 0.148. The molecule has 9 heteroatoms. The number of benzene rings is 3. The first-order valence-electron chi connectivity index (χ1n) is 14.0. The van der Waals surface area contributed by atoms with Crippen molar-refractivity contribution in [1.29, 1.82) is 0 Å². The van der Waals surface area contributed by atoms with Crippen LogP contribution in [-0.2, 0) is 24.1 Å². The van der Waals surface area contributed by atoms with Crippen molar-refractivity contribution < 1.29 is 46.1 Å². The molecular formula is C30H31FO8. The fraction of sp³-hybridized carbons (Fsp3) is 0.400. The lowest BCUT2D eigenvalue weighted by Crippen LogP contribution is -2.53. The molecule has 39 heavy (non-hydrogen) atoms. The van der Waals surface area contributed by atoms with Crippen LogP contribution in [0.15, 0.2) is 54.6 Å². The van der Waals surface area contributed by atoms with Gasteiger partial charge < -0.3 is 39.0 Å². The molecule has 0 aromatic heterocycles. The van der Waals surface area contributed by atoms with Crippen molar-refractivity contribution >= 4 is 0 Å². The summed E-state index contributed by atoms with van der Waals surface area (Å²) >= 11 is 0. The number of aliphatic hydroxyl groups is 3. The first-order chi connectivity index (χ1) is 19.8. The summed E-state index contributed by atoms with van der Waals surface area (Å²) < 4.78 is 62.4. The summed E-state index contributed by atoms with van der Waals surface area (Å²) in [7, 11) is 0. The van der Waals surface area contributed by atoms with E-state index in [1.165, 1.54) is 6.07 Å². The summed E-state index contributed by atoms with van der Waals surface area (Å²) in [6.45, 7) is 0.442. The first kappa shape index (κ1) is 23.5. The lowest BCUT2D eigenvalue weighted by molar-refractivity contribution is -0.214. The molecule has 3 aliphatic heterocycles. The zero-order chi connectivity index (χ0) is 28.7. The quantitative estimate of drug-likeness (QED) is 0.420. The molecule has 1 saturated heterocycles. The molecule has 8 nitrogen and oxygen atoms in total. The molecule has 206 valence electrons. The predicted octanol–water partition coefficient (Wildman–Crippen LogP) is 3.05. The van der Waals surface area contributed by atoms with Crippen molar-refractivity contribution in [1.82, 2.24) is 0 Å². The topological polar surface area (TPSA) is 107 Å². The molecule has 0 radical (unpaired) electrons. The number of alkyl halides is 1. The summed E-state index contributed by atoms with van der Waals surface area (Å²) in [5.41, 5.74) is 2.09. The molecule has 0 unspecified atom stereocenters. The molecule has 3 aliphatic rings. The van der Waals surface area contributed by atoms with Gasteiger partial charge in [0.25, 0.3) is 0 Å². The Bertz CT molecular complexity index is 1400. The molecule has 6 rings (SSSR count). The minimum Gasteiger partial charge on any atom is -0.493 e. The highest BCUT2D eigenvalue weighted by atomic mass is 19.1. The van der Waals surface area contributed by atoms with Gasteiger partial charge in [0.1, 0.15) is 55.7 Å². The largest absolute Gasteiger partial charge is 0.493 e. The molecular weight excluding hydrogens is 507 g/mol. The molecule has 3 aromatic rings. The van der Waals surface area contributed by atoms with E-state index in [2.05, 4.69) is 0 Å². The zero-order valence-corrected chi connectivity index (χ0v) is 21.1. The normalized spacial score (nSPS) is 26.7. The maximum atomic E-state index is 14.7. The van der Waals surface area contributed by atoms with Gasteiger partial charge in [-0.05, 0) is 34.9 Å². The third-order valence-corrected chi connectivity index (χ3v) is 7.15. The third-order valence-electron chi connectivity index (χ3n) is 7.15. The molecule has 5 atom stereocenters. The highest BCUT2D eigenvalue weighted by Gasteiger charge is 2.46. The van der Waals surface area contributed by atoms with E-state index in [-0.39, 0.29) is 29.9 Å². The van der Waals surface area contributed by atoms with Crippen LogP contribution in [0.1, 0.15) is 36.7 Å². The Labute approximate surface area is 228 Å². The molecule has 0 spiro atoms. The summed E-state index contributed by atoms with van der Waals surface area (Å²) in [5, 5.41) is 31.2. The van der Waals surface area contributed by atoms with Gasteiger partial charge in [-0.25, -0.2) is 4.39 Å². The standard InChI is InChI=1S/C30H31FO8/c31-25-24(15-32)39-30(27(34)26(25)33)21-14-19(12-18-6-7-22-23(13-18)36-11-10-35-22)28-20(8-9-37-28)29(21)38-16-17-4-2-1-3-5-17/h1-7,13-14,24-27,30,32-34H,8-12,15-16H2/t24-,25-,26+,27-,30+/m1/s1/i12D2. The molecule has 0 saturated carbocycles. The van der Waals surface area contributed by atoms with Crippen LogP contribution in [0, 0.1) is 0 Å². The number of rotatable bonds is 7. The maximum absolute atomic E-state index is 14.7. The average Bonchev–Trinajstić information content (AvgIpc) is 3.49. The van der Waals surface area contributed by atoms with E-state index in [0.29, 0.717) is 48.2 Å². The Morgan fingerprint density at radius 3 is 2.51 bits per heavy atom. The lowest BCUT2D eigenvalue weighted by Gasteiger charge is -2.40. The van der Waals surface area contributed by atoms with Gasteiger partial charge in [-0.3, -0.25) is 0 Å². The Morgan fingerprint density at radius 1 is 0.923 bits per heavy atom. The average molecular weight is 541 g/mol. The van der Waals surface area contributed by atoms with Crippen LogP contribution in [0.3, 0.4) is 0 Å². The van der Waals surface area contributed by atoms with Gasteiger partial charge >= 0.3 is 0 Å². The van der Waals surface area contributed by atoms with E-state index in [0.717, 1.165) is 5.56 Å². The molecule has 0 aliphatic carbocycles. The van der Waals surface area contributed by atoms with Crippen molar-refractivity contribution in [3.8, 4) is 23.0 Å². The Kier molecular flexibility index (Phi) is 6.64. The van der Waals surface area contributed by atoms with Crippen molar-refractivity contribution in [3.05, 3.63) is 82.4 Å². The Hall–Kier alpha value is -3.37. The first-order valence-corrected chi connectivity index (χ1v) is 13.0. The van der Waals surface area contributed by atoms with Crippen LogP contribution in [0.4, 0.5) is 4.39 Å². The maximum Gasteiger partial charge on any atom is 0.161 e. The van der Waals surface area contributed by atoms with E-state index in [9.17, 15) is 22.5 Å². The third kappa shape index (κ3) is 5.03. The van der Waals surface area contributed by atoms with Gasteiger partial charge in [-0.2, -0.15) is 0 Å². The van der Waals surface area contributed by atoms with Crippen LogP contribution in [0.5, 0.6) is 23.0 Å². The van der Waals surface area contributed by atoms with E-state index < -0.39 is 43.6 Å². The second-order valence-corrected chi connectivity index (χ2v) is 9.71. The predicted molar refractivity (Wildman–Crippen MR) is 138 cm³/mol. The van der Waals surface area contributed by atoms with E-state index in [4.69, 9.17) is 23.7 Å². The Balaban J connectivity index is 1.48. The van der Waals surface area contributed by atoms with Gasteiger partial charge in [0, 0.05) is 26.7 Å². The van der Waals surface area contributed by atoms with Crippen LogP contribution in [-0.4, -0.2) is 66.2 Å². The van der Waals surface area contributed by atoms with Crippen LogP contribution >= 0.6 is 0 Å². The monoisotopic (exact) mass is 540 g/mol. The minimum atomic E-state index is -2.12. The number of fused-ring (bicyclic) bond motifs is 2. The second kappa shape index (κ2) is 11.0. The second-order valence-electron chi connectivity index (χ2n) is 9.71. The summed E-state index contributed by atoms with van der Waals surface area (Å²) in [4.78, 5) is 0. The van der Waals surface area contributed by atoms with Gasteiger partial charge in [-0.1, -0.05) is 36.4 Å². The van der Waals surface area contributed by atoms with Crippen molar-refractivity contribution in [2.45, 2.75) is 50.0 Å². The number of hydrogen-bond acceptors (Lipinski definition) is 8. The smallest absolute Gasteiger partial charge is 0.161 e. The van der Waals surface area contributed by atoms with Crippen LogP contribution in [0.25, 0.3) is 0 Å². The zero-order valence-electron chi connectivity index (χ0n) is 23.1. The number of hydrogen-bond donors (Lipinski definition) is 3. The van der Waals surface area contributed by atoms with Gasteiger partial charge in [-0.15, -0.1) is 0 Å². The number of ether oxygens (including phenoxy) is 5. The lowest BCUT2D eigenvalue weighted by atomic mass is 9.88. The highest BCUT2D eigenvalue weighted by molar-refractivity contribution is 5.59. The summed E-state index contributed by atoms with van der Waals surface area (Å²) in [6, 6.07) is 15.7. The molecule has 1 fully saturated rings. The fourth-order valence-corrected chi connectivity index (χ4v) is 5.19. The summed E-state index contributed by atoms with van der Waals surface area (Å²) in [5.74, 6) is 1.55. The number of aliphatic hydroxyl groups excluding tert-OH is 3. The molecule has 3 aromatic carbocycles. The molecule has 0 amide bonds. The number of halogens is 1. The van der Waals surface area contributed by atoms with Crippen molar-refractivity contribution in [2.75, 3.05) is 26.4 Å². The van der Waals surface area contributed by atoms with Gasteiger partial charge in [0.2, 0.25) is 0 Å². The molecule has 3 N–H and O–H groups in total. The molecule has 0 bridgehead atoms. The van der Waals surface area contributed by atoms with Crippen molar-refractivity contribution in [3.63, 3.8) is 0 Å². The van der Waals surface area contributed by atoms with E-state index in [1.807, 2.05) is 30.3 Å². The van der Waals surface area contributed by atoms with E-state index in [1.54, 1.807) is 18.2 Å². The van der Waals surface area contributed by atoms with Gasteiger partial charge in [0.05, 0.1) is 13.2 Å². The SMILES string of the molecule is [2H]C([2H])(c1ccc2c(c1)OCCO2)c1cc([C@@H]2O[C@H](CO)[C@@H](F)[C@H](O)[C@H]2O)c(OCc2ccccc2)c2c1OCC2. The molecule has 3 heterocycles. The highest BCUT2D eigenvalue weighted by Crippen LogP contribution is 2.47. The summed E-state index contributed by atoms with van der Waals surface area (Å²) in [6.07, 6.45) is -10.0. The Morgan fingerprint density at radius 2 is 1.72 bits per heavy atom. The van der Waals surface area contributed by atoms with Gasteiger partial charge in [0.15, 0.2) is 17.7 Å². The van der Waals surface area contributed by atoms with E-state index >= 15 is 0 Å². The van der Waals surface area contributed by atoms with Crippen molar-refractivity contribution in [2.24, 2.45) is 0 Å². The fourth-order valence-electron chi connectivity index (χ4n) is 5.19. The van der Waals surface area contributed by atoms with Crippen LogP contribution in [0.2, 0.25) is 0 Å². The van der Waals surface area contributed by atoms with Crippen LogP contribution < -0.4 is 18.9 Å².